The molecule has 114 valence electrons. The number of benzene rings is 1. The van der Waals surface area contributed by atoms with E-state index in [1.54, 1.807) is 14.0 Å². The molecule has 3 nitrogen and oxygen atoms in total. The van der Waals surface area contributed by atoms with Gasteiger partial charge in [0.1, 0.15) is 5.75 Å². The minimum absolute atomic E-state index is 0.0474. The molecular weight excluding hydrogens is 262 g/mol. The van der Waals surface area contributed by atoms with E-state index in [2.05, 4.69) is 25.7 Å². The topological polar surface area (TPSA) is 29.5 Å². The summed E-state index contributed by atoms with van der Waals surface area (Å²) in [5.74, 6) is 2.77. The van der Waals surface area contributed by atoms with Gasteiger partial charge in [0, 0.05) is 24.2 Å². The number of piperidine rings is 1. The highest BCUT2D eigenvalue weighted by atomic mass is 16.5. The maximum atomic E-state index is 11.9. The fourth-order valence-electron chi connectivity index (χ4n) is 3.42. The lowest BCUT2D eigenvalue weighted by Gasteiger charge is -2.29. The van der Waals surface area contributed by atoms with E-state index >= 15 is 0 Å². The molecule has 1 aliphatic heterocycles. The smallest absolute Gasteiger partial charge is 0.159 e. The number of rotatable bonds is 3. The van der Waals surface area contributed by atoms with Crippen molar-refractivity contribution in [2.24, 2.45) is 11.8 Å². The third-order valence-corrected chi connectivity index (χ3v) is 4.81. The minimum Gasteiger partial charge on any atom is -0.494 e. The largest absolute Gasteiger partial charge is 0.494 e. The molecule has 2 atom stereocenters. The fraction of sp³-hybridized carbons (Fsp3) is 0.611. The molecule has 0 amide bonds. The maximum Gasteiger partial charge on any atom is 0.159 e. The van der Waals surface area contributed by atoms with Gasteiger partial charge in [0.05, 0.1) is 12.8 Å². The van der Waals surface area contributed by atoms with Crippen molar-refractivity contribution in [2.45, 2.75) is 39.5 Å². The number of anilines is 1. The normalized spacial score (nSPS) is 24.0. The summed E-state index contributed by atoms with van der Waals surface area (Å²) in [6.45, 7) is 10.3. The quantitative estimate of drug-likeness (QED) is 0.795. The Bertz CT molecular complexity index is 576. The molecule has 3 rings (SSSR count). The first kappa shape index (κ1) is 14.4. The van der Waals surface area contributed by atoms with Crippen LogP contribution in [-0.2, 0) is 5.41 Å². The van der Waals surface area contributed by atoms with Gasteiger partial charge in [-0.05, 0) is 42.7 Å². The Labute approximate surface area is 127 Å². The second-order valence-corrected chi connectivity index (χ2v) is 7.54. The number of Topliss-reactive ketones (excluding diaryl/α,β-unsaturated/α-hetero) is 1. The van der Waals surface area contributed by atoms with Gasteiger partial charge in [-0.25, -0.2) is 0 Å². The maximum absolute atomic E-state index is 11.9. The van der Waals surface area contributed by atoms with Gasteiger partial charge >= 0.3 is 0 Å². The summed E-state index contributed by atoms with van der Waals surface area (Å²) < 4.78 is 5.75. The predicted molar refractivity (Wildman–Crippen MR) is 85.5 cm³/mol. The number of ketones is 1. The van der Waals surface area contributed by atoms with Crippen molar-refractivity contribution in [2.75, 3.05) is 25.1 Å². The molecule has 0 unspecified atom stereocenters. The predicted octanol–water partition coefficient (Wildman–Crippen LogP) is 3.65. The Morgan fingerprint density at radius 2 is 1.86 bits per heavy atom. The van der Waals surface area contributed by atoms with Crippen LogP contribution in [0.1, 0.15) is 50.0 Å². The Morgan fingerprint density at radius 3 is 2.33 bits per heavy atom. The third kappa shape index (κ3) is 2.54. The summed E-state index contributed by atoms with van der Waals surface area (Å²) in [6, 6.07) is 4.02. The van der Waals surface area contributed by atoms with Crippen LogP contribution in [0.15, 0.2) is 12.1 Å². The van der Waals surface area contributed by atoms with Crippen LogP contribution < -0.4 is 9.64 Å². The van der Waals surface area contributed by atoms with E-state index in [0.29, 0.717) is 0 Å². The van der Waals surface area contributed by atoms with Crippen molar-refractivity contribution in [3.05, 3.63) is 23.3 Å². The monoisotopic (exact) mass is 287 g/mol. The van der Waals surface area contributed by atoms with Gasteiger partial charge in [0.25, 0.3) is 0 Å². The van der Waals surface area contributed by atoms with Crippen LogP contribution in [0.2, 0.25) is 0 Å². The van der Waals surface area contributed by atoms with Gasteiger partial charge in [0.15, 0.2) is 5.78 Å². The third-order valence-electron chi connectivity index (χ3n) is 4.81. The van der Waals surface area contributed by atoms with E-state index < -0.39 is 0 Å². The van der Waals surface area contributed by atoms with Crippen molar-refractivity contribution in [1.29, 1.82) is 0 Å². The molecule has 0 N–H and O–H groups in total. The number of carbonyl (C=O) groups is 1. The van der Waals surface area contributed by atoms with Crippen molar-refractivity contribution >= 4 is 11.5 Å². The van der Waals surface area contributed by atoms with E-state index in [9.17, 15) is 4.79 Å². The molecule has 2 fully saturated rings. The molecule has 0 spiro atoms. The van der Waals surface area contributed by atoms with Crippen LogP contribution >= 0.6 is 0 Å². The zero-order valence-electron chi connectivity index (χ0n) is 13.7. The summed E-state index contributed by atoms with van der Waals surface area (Å²) in [5, 5.41) is 0. The van der Waals surface area contributed by atoms with Crippen molar-refractivity contribution in [3.8, 4) is 5.75 Å². The molecule has 0 radical (unpaired) electrons. The van der Waals surface area contributed by atoms with E-state index in [0.717, 1.165) is 47.5 Å². The van der Waals surface area contributed by atoms with Crippen molar-refractivity contribution in [1.82, 2.24) is 0 Å². The Balaban J connectivity index is 2.11. The SMILES string of the molecule is COc1c(N2C[C@H]3C[C@H]3C2)cc(C(C)=O)cc1C(C)(C)C. The summed E-state index contributed by atoms with van der Waals surface area (Å²) in [6.07, 6.45) is 1.37. The van der Waals surface area contributed by atoms with Crippen LogP contribution in [0.4, 0.5) is 5.69 Å². The number of nitrogens with zero attached hydrogens (tertiary/aromatic N) is 1. The lowest BCUT2D eigenvalue weighted by molar-refractivity contribution is 0.101. The summed E-state index contributed by atoms with van der Waals surface area (Å²) in [5.41, 5.74) is 2.96. The van der Waals surface area contributed by atoms with E-state index in [4.69, 9.17) is 4.74 Å². The van der Waals surface area contributed by atoms with Gasteiger partial charge in [-0.15, -0.1) is 0 Å². The molecule has 1 heterocycles. The summed E-state index contributed by atoms with van der Waals surface area (Å²) in [7, 11) is 1.73. The van der Waals surface area contributed by atoms with E-state index in [1.165, 1.54) is 6.42 Å². The number of methoxy groups -OCH3 is 1. The van der Waals surface area contributed by atoms with Gasteiger partial charge in [-0.1, -0.05) is 20.8 Å². The average molecular weight is 287 g/mol. The molecule has 21 heavy (non-hydrogen) atoms. The second-order valence-electron chi connectivity index (χ2n) is 7.54. The number of hydrogen-bond donors (Lipinski definition) is 0. The average Bonchev–Trinajstić information content (AvgIpc) is 3.02. The zero-order chi connectivity index (χ0) is 15.4. The Hall–Kier alpha value is -1.51. The highest BCUT2D eigenvalue weighted by molar-refractivity contribution is 5.96. The summed E-state index contributed by atoms with van der Waals surface area (Å²) >= 11 is 0. The molecule has 1 aromatic rings. The fourth-order valence-corrected chi connectivity index (χ4v) is 3.42. The van der Waals surface area contributed by atoms with E-state index in [-0.39, 0.29) is 11.2 Å². The molecule has 3 heteroatoms. The molecule has 2 aliphatic rings. The molecule has 1 saturated carbocycles. The van der Waals surface area contributed by atoms with Gasteiger partial charge in [-0.3, -0.25) is 4.79 Å². The van der Waals surface area contributed by atoms with Crippen LogP contribution in [0.25, 0.3) is 0 Å². The van der Waals surface area contributed by atoms with Crippen LogP contribution in [0, 0.1) is 11.8 Å². The number of ether oxygens (including phenoxy) is 1. The Morgan fingerprint density at radius 1 is 1.24 bits per heavy atom. The highest BCUT2D eigenvalue weighted by Crippen LogP contribution is 2.49. The van der Waals surface area contributed by atoms with Crippen molar-refractivity contribution in [3.63, 3.8) is 0 Å². The van der Waals surface area contributed by atoms with Crippen molar-refractivity contribution < 1.29 is 9.53 Å². The summed E-state index contributed by atoms with van der Waals surface area (Å²) in [4.78, 5) is 14.3. The highest BCUT2D eigenvalue weighted by Gasteiger charge is 2.46. The minimum atomic E-state index is -0.0474. The van der Waals surface area contributed by atoms with Crippen LogP contribution in [-0.4, -0.2) is 26.0 Å². The standard InChI is InChI=1S/C18H25NO2/c1-11(20)12-7-15(18(2,3)4)17(21-5)16(8-12)19-9-13-6-14(13)10-19/h7-8,13-14H,6,9-10H2,1-5H3/t13-,14+. The first-order valence-corrected chi connectivity index (χ1v) is 7.79. The Kier molecular flexibility index (Phi) is 3.27. The number of carbonyl (C=O) groups excluding carboxylic acids is 1. The zero-order valence-corrected chi connectivity index (χ0v) is 13.7. The molecule has 0 bridgehead atoms. The second kappa shape index (κ2) is 4.75. The lowest BCUT2D eigenvalue weighted by Crippen LogP contribution is -2.24. The lowest BCUT2D eigenvalue weighted by atomic mass is 9.84. The number of hydrogen-bond acceptors (Lipinski definition) is 3. The first-order chi connectivity index (χ1) is 9.81. The van der Waals surface area contributed by atoms with Gasteiger partial charge in [-0.2, -0.15) is 0 Å². The molecule has 1 aliphatic carbocycles. The van der Waals surface area contributed by atoms with Gasteiger partial charge in [0.2, 0.25) is 0 Å². The number of fused-ring (bicyclic) bond motifs is 1. The molecule has 0 aromatic heterocycles. The first-order valence-electron chi connectivity index (χ1n) is 7.79. The van der Waals surface area contributed by atoms with E-state index in [1.807, 2.05) is 12.1 Å². The molecule has 1 aromatic carbocycles. The van der Waals surface area contributed by atoms with Crippen LogP contribution in [0.3, 0.4) is 0 Å². The molecule has 1 saturated heterocycles. The van der Waals surface area contributed by atoms with Crippen LogP contribution in [0.5, 0.6) is 5.75 Å². The molecular formula is C18H25NO2. The van der Waals surface area contributed by atoms with Gasteiger partial charge < -0.3 is 9.64 Å².